The van der Waals surface area contributed by atoms with Gasteiger partial charge in [0.2, 0.25) is 0 Å². The second kappa shape index (κ2) is 8.89. The van der Waals surface area contributed by atoms with Crippen LogP contribution in [0.25, 0.3) is 0 Å². The van der Waals surface area contributed by atoms with Crippen LogP contribution in [-0.4, -0.2) is 30.3 Å². The Morgan fingerprint density at radius 1 is 1.45 bits per heavy atom. The molecule has 0 spiro atoms. The topological polar surface area (TPSA) is 102 Å². The lowest BCUT2D eigenvalue weighted by molar-refractivity contribution is -0.120. The number of sulfone groups is 1. The molecule has 0 aromatic carbocycles. The molecule has 1 atom stereocenters. The van der Waals surface area contributed by atoms with Crippen molar-refractivity contribution in [2.24, 2.45) is 5.84 Å². The second-order valence-electron chi connectivity index (χ2n) is 4.22. The summed E-state index contributed by atoms with van der Waals surface area (Å²) in [6, 6.07) is 5.32. The predicted octanol–water partition coefficient (Wildman–Crippen LogP) is 0.619. The number of aromatic nitrogens is 1. The van der Waals surface area contributed by atoms with E-state index >= 15 is 0 Å². The van der Waals surface area contributed by atoms with Crippen molar-refractivity contribution in [2.45, 2.75) is 31.4 Å². The summed E-state index contributed by atoms with van der Waals surface area (Å²) in [5.74, 6) is 4.27. The quantitative estimate of drug-likeness (QED) is 0.435. The third-order valence-corrected chi connectivity index (χ3v) is 4.88. The van der Waals surface area contributed by atoms with Gasteiger partial charge in [-0.3, -0.25) is 15.2 Å². The minimum atomic E-state index is -3.53. The lowest BCUT2D eigenvalue weighted by Gasteiger charge is -2.15. The first kappa shape index (κ1) is 18.8. The van der Waals surface area contributed by atoms with Crippen LogP contribution >= 0.6 is 12.4 Å². The number of halogens is 1. The molecular weight excluding hydrogens is 302 g/mol. The Bertz CT molecular complexity index is 508. The van der Waals surface area contributed by atoms with Crippen molar-refractivity contribution in [3.8, 4) is 0 Å². The van der Waals surface area contributed by atoms with Crippen molar-refractivity contribution >= 4 is 28.2 Å². The normalized spacial score (nSPS) is 12.3. The maximum absolute atomic E-state index is 12.2. The molecular formula is C12H20ClN3O3S. The minimum Gasteiger partial charge on any atom is -0.293 e. The number of aryl methyl sites for hydroxylation is 1. The highest BCUT2D eigenvalue weighted by atomic mass is 35.5. The zero-order valence-electron chi connectivity index (χ0n) is 11.3. The number of pyridine rings is 1. The van der Waals surface area contributed by atoms with E-state index < -0.39 is 21.0 Å². The van der Waals surface area contributed by atoms with E-state index in [1.165, 1.54) is 0 Å². The zero-order chi connectivity index (χ0) is 14.3. The lowest BCUT2D eigenvalue weighted by Crippen LogP contribution is -2.44. The fraction of sp³-hybridized carbons (Fsp3) is 0.500. The van der Waals surface area contributed by atoms with Crippen molar-refractivity contribution in [2.75, 3.05) is 5.75 Å². The van der Waals surface area contributed by atoms with Crippen molar-refractivity contribution in [1.29, 1.82) is 0 Å². The van der Waals surface area contributed by atoms with Gasteiger partial charge in [0.05, 0.1) is 5.75 Å². The number of carbonyl (C=O) groups is 1. The number of hydrogen-bond acceptors (Lipinski definition) is 5. The molecule has 0 bridgehead atoms. The van der Waals surface area contributed by atoms with Gasteiger partial charge < -0.3 is 0 Å². The number of rotatable bonds is 7. The number of amides is 1. The largest absolute Gasteiger partial charge is 0.293 e. The van der Waals surface area contributed by atoms with Gasteiger partial charge in [-0.1, -0.05) is 19.4 Å². The summed E-state index contributed by atoms with van der Waals surface area (Å²) in [7, 11) is -3.53. The smallest absolute Gasteiger partial charge is 0.252 e. The molecule has 0 aliphatic heterocycles. The Kier molecular flexibility index (Phi) is 8.36. The van der Waals surface area contributed by atoms with Crippen molar-refractivity contribution < 1.29 is 13.2 Å². The Morgan fingerprint density at radius 2 is 2.15 bits per heavy atom. The van der Waals surface area contributed by atoms with E-state index in [1.54, 1.807) is 24.4 Å². The summed E-state index contributed by atoms with van der Waals surface area (Å²) in [6.45, 7) is 1.82. The SMILES string of the molecule is CCCC(C(=O)NN)S(=O)(=O)CCc1ccccn1.Cl. The van der Waals surface area contributed by atoms with Crippen LogP contribution in [0.4, 0.5) is 0 Å². The van der Waals surface area contributed by atoms with E-state index in [4.69, 9.17) is 5.84 Å². The maximum Gasteiger partial charge on any atom is 0.252 e. The number of nitrogens with two attached hydrogens (primary N) is 1. The van der Waals surface area contributed by atoms with Crippen LogP contribution in [0.2, 0.25) is 0 Å². The van der Waals surface area contributed by atoms with E-state index in [9.17, 15) is 13.2 Å². The summed E-state index contributed by atoms with van der Waals surface area (Å²) in [4.78, 5) is 15.6. The molecule has 1 aromatic heterocycles. The van der Waals surface area contributed by atoms with Gasteiger partial charge in [-0.15, -0.1) is 12.4 Å². The second-order valence-corrected chi connectivity index (χ2v) is 6.53. The van der Waals surface area contributed by atoms with Crippen molar-refractivity contribution in [3.05, 3.63) is 30.1 Å². The summed E-state index contributed by atoms with van der Waals surface area (Å²) in [5, 5.41) is -1.08. The van der Waals surface area contributed by atoms with Gasteiger partial charge in [0.15, 0.2) is 9.84 Å². The molecule has 0 saturated heterocycles. The fourth-order valence-electron chi connectivity index (χ4n) is 1.76. The number of nitrogens with one attached hydrogen (secondary N) is 1. The zero-order valence-corrected chi connectivity index (χ0v) is 12.9. The molecule has 1 rings (SSSR count). The molecule has 1 unspecified atom stereocenters. The van der Waals surface area contributed by atoms with Gasteiger partial charge in [0, 0.05) is 18.3 Å². The molecule has 3 N–H and O–H groups in total. The molecule has 0 saturated carbocycles. The van der Waals surface area contributed by atoms with E-state index in [1.807, 2.05) is 12.3 Å². The van der Waals surface area contributed by atoms with Gasteiger partial charge >= 0.3 is 0 Å². The highest BCUT2D eigenvalue weighted by Crippen LogP contribution is 2.11. The van der Waals surface area contributed by atoms with Gasteiger partial charge in [-0.05, 0) is 18.6 Å². The first-order valence-corrected chi connectivity index (χ1v) is 7.84. The molecule has 0 fully saturated rings. The Balaban J connectivity index is 0.00000361. The third-order valence-electron chi connectivity index (χ3n) is 2.79. The summed E-state index contributed by atoms with van der Waals surface area (Å²) in [5.41, 5.74) is 2.61. The summed E-state index contributed by atoms with van der Waals surface area (Å²) >= 11 is 0. The minimum absolute atomic E-state index is 0. The monoisotopic (exact) mass is 321 g/mol. The maximum atomic E-state index is 12.2. The van der Waals surface area contributed by atoms with Crippen LogP contribution < -0.4 is 11.3 Å². The molecule has 6 nitrogen and oxygen atoms in total. The van der Waals surface area contributed by atoms with Crippen molar-refractivity contribution in [1.82, 2.24) is 10.4 Å². The highest BCUT2D eigenvalue weighted by Gasteiger charge is 2.30. The van der Waals surface area contributed by atoms with Crippen molar-refractivity contribution in [3.63, 3.8) is 0 Å². The van der Waals surface area contributed by atoms with Gasteiger partial charge in [-0.25, -0.2) is 14.3 Å². The molecule has 0 aliphatic carbocycles. The number of carbonyl (C=O) groups excluding carboxylic acids is 1. The molecule has 8 heteroatoms. The average molecular weight is 322 g/mol. The van der Waals surface area contributed by atoms with Crippen LogP contribution in [0.15, 0.2) is 24.4 Å². The number of hydrazine groups is 1. The van der Waals surface area contributed by atoms with Gasteiger partial charge in [-0.2, -0.15) is 0 Å². The summed E-state index contributed by atoms with van der Waals surface area (Å²) in [6.07, 6.45) is 2.77. The lowest BCUT2D eigenvalue weighted by atomic mass is 10.2. The molecule has 20 heavy (non-hydrogen) atoms. The van der Waals surface area contributed by atoms with E-state index in [0.29, 0.717) is 18.5 Å². The predicted molar refractivity (Wildman–Crippen MR) is 80.0 cm³/mol. The van der Waals surface area contributed by atoms with Crippen LogP contribution in [0.1, 0.15) is 25.5 Å². The van der Waals surface area contributed by atoms with E-state index in [-0.39, 0.29) is 24.6 Å². The number of hydrogen-bond donors (Lipinski definition) is 2. The first-order chi connectivity index (χ1) is 9.01. The van der Waals surface area contributed by atoms with Crippen LogP contribution in [0.5, 0.6) is 0 Å². The van der Waals surface area contributed by atoms with E-state index in [0.717, 1.165) is 0 Å². The van der Waals surface area contributed by atoms with E-state index in [2.05, 4.69) is 4.98 Å². The van der Waals surface area contributed by atoms with Gasteiger partial charge in [0.1, 0.15) is 5.25 Å². The third kappa shape index (κ3) is 5.44. The average Bonchev–Trinajstić information content (AvgIpc) is 2.43. The molecule has 0 radical (unpaired) electrons. The first-order valence-electron chi connectivity index (χ1n) is 6.13. The summed E-state index contributed by atoms with van der Waals surface area (Å²) < 4.78 is 24.3. The van der Waals surface area contributed by atoms with Crippen LogP contribution in [0, 0.1) is 0 Å². The fourth-order valence-corrected chi connectivity index (χ4v) is 3.53. The Hall–Kier alpha value is -1.18. The number of nitrogens with zero attached hydrogens (tertiary/aromatic N) is 1. The molecule has 1 heterocycles. The molecule has 1 aromatic rings. The van der Waals surface area contributed by atoms with Crippen LogP contribution in [-0.2, 0) is 21.1 Å². The Morgan fingerprint density at radius 3 is 2.65 bits per heavy atom. The standard InChI is InChI=1S/C12H19N3O3S.ClH/c1-2-5-11(12(16)15-13)19(17,18)9-7-10-6-3-4-8-14-10;/h3-4,6,8,11H,2,5,7,9,13H2,1H3,(H,15,16);1H. The molecule has 0 aliphatic rings. The van der Waals surface area contributed by atoms with Crippen LogP contribution in [0.3, 0.4) is 0 Å². The highest BCUT2D eigenvalue weighted by molar-refractivity contribution is 7.92. The molecule has 114 valence electrons. The Labute approximate surface area is 125 Å². The molecule has 1 amide bonds. The van der Waals surface area contributed by atoms with Gasteiger partial charge in [0.25, 0.3) is 5.91 Å².